The minimum atomic E-state index is -0.281. The topological polar surface area (TPSA) is 38.3 Å². The van der Waals surface area contributed by atoms with Crippen LogP contribution in [0, 0.1) is 6.92 Å². The number of benzene rings is 1. The molecule has 1 heterocycles. The molecule has 1 aliphatic heterocycles. The lowest BCUT2D eigenvalue weighted by atomic mass is 9.99. The highest BCUT2D eigenvalue weighted by Gasteiger charge is 2.29. The average molecular weight is 191 g/mol. The van der Waals surface area contributed by atoms with Gasteiger partial charge in [-0.2, -0.15) is 0 Å². The van der Waals surface area contributed by atoms with Crippen molar-refractivity contribution in [3.8, 4) is 0 Å². The summed E-state index contributed by atoms with van der Waals surface area (Å²) >= 11 is 0. The lowest BCUT2D eigenvalue weighted by Crippen LogP contribution is -2.23. The fourth-order valence-electron chi connectivity index (χ4n) is 1.94. The van der Waals surface area contributed by atoms with Crippen molar-refractivity contribution >= 4 is 5.97 Å². The van der Waals surface area contributed by atoms with Crippen LogP contribution in [0.3, 0.4) is 0 Å². The molecule has 0 amide bonds. The van der Waals surface area contributed by atoms with Crippen molar-refractivity contribution in [3.05, 3.63) is 34.9 Å². The number of esters is 1. The van der Waals surface area contributed by atoms with E-state index in [4.69, 9.17) is 4.74 Å². The Kier molecular flexibility index (Phi) is 2.25. The number of aryl methyl sites for hydroxylation is 1. The van der Waals surface area contributed by atoms with Crippen LogP contribution in [0.15, 0.2) is 18.2 Å². The van der Waals surface area contributed by atoms with Crippen molar-refractivity contribution in [2.24, 2.45) is 0 Å². The van der Waals surface area contributed by atoms with E-state index in [0.717, 1.165) is 17.7 Å². The third-order valence-corrected chi connectivity index (χ3v) is 2.64. The van der Waals surface area contributed by atoms with Crippen LogP contribution in [0.25, 0.3) is 0 Å². The summed E-state index contributed by atoms with van der Waals surface area (Å²) in [6.07, 6.45) is 0. The van der Waals surface area contributed by atoms with Crippen molar-refractivity contribution in [3.63, 3.8) is 0 Å². The zero-order valence-corrected chi connectivity index (χ0v) is 8.33. The van der Waals surface area contributed by atoms with E-state index >= 15 is 0 Å². The standard InChI is InChI=1S/C11H13NO2/c1-7-4-3-5-8-6-12-10(9(7)8)11(13)14-2/h3-5,10,12H,6H2,1-2H3. The Balaban J connectivity index is 2.43. The molecule has 74 valence electrons. The molecule has 0 bridgehead atoms. The second-order valence-electron chi connectivity index (χ2n) is 3.48. The monoisotopic (exact) mass is 191 g/mol. The average Bonchev–Trinajstić information content (AvgIpc) is 2.62. The molecule has 0 radical (unpaired) electrons. The Morgan fingerprint density at radius 1 is 1.57 bits per heavy atom. The largest absolute Gasteiger partial charge is 0.468 e. The fraction of sp³-hybridized carbons (Fsp3) is 0.364. The van der Waals surface area contributed by atoms with E-state index in [0.29, 0.717) is 0 Å². The van der Waals surface area contributed by atoms with Crippen molar-refractivity contribution in [2.45, 2.75) is 19.5 Å². The summed E-state index contributed by atoms with van der Waals surface area (Å²) in [5, 5.41) is 3.14. The molecule has 0 spiro atoms. The molecule has 14 heavy (non-hydrogen) atoms. The zero-order valence-electron chi connectivity index (χ0n) is 8.33. The van der Waals surface area contributed by atoms with Crippen LogP contribution in [0.1, 0.15) is 22.7 Å². The first-order chi connectivity index (χ1) is 6.74. The molecule has 1 atom stereocenters. The molecule has 0 saturated carbocycles. The second kappa shape index (κ2) is 3.42. The van der Waals surface area contributed by atoms with Gasteiger partial charge in [-0.1, -0.05) is 18.2 Å². The van der Waals surface area contributed by atoms with Crippen LogP contribution < -0.4 is 5.32 Å². The number of hydrogen-bond donors (Lipinski definition) is 1. The van der Waals surface area contributed by atoms with Crippen molar-refractivity contribution in [1.29, 1.82) is 0 Å². The van der Waals surface area contributed by atoms with E-state index in [1.165, 1.54) is 12.7 Å². The van der Waals surface area contributed by atoms with Gasteiger partial charge in [-0.15, -0.1) is 0 Å². The van der Waals surface area contributed by atoms with Gasteiger partial charge in [0.15, 0.2) is 0 Å². The molecule has 1 aliphatic rings. The number of nitrogens with one attached hydrogen (secondary N) is 1. The van der Waals surface area contributed by atoms with Gasteiger partial charge < -0.3 is 4.74 Å². The Bertz CT molecular complexity index is 374. The van der Waals surface area contributed by atoms with E-state index in [2.05, 4.69) is 5.32 Å². The summed E-state index contributed by atoms with van der Waals surface area (Å²) in [4.78, 5) is 11.4. The van der Waals surface area contributed by atoms with Gasteiger partial charge in [-0.05, 0) is 23.6 Å². The molecule has 0 fully saturated rings. The third kappa shape index (κ3) is 1.30. The van der Waals surface area contributed by atoms with Gasteiger partial charge in [0.25, 0.3) is 0 Å². The third-order valence-electron chi connectivity index (χ3n) is 2.64. The number of carbonyl (C=O) groups excluding carboxylic acids is 1. The molecular weight excluding hydrogens is 178 g/mol. The summed E-state index contributed by atoms with van der Waals surface area (Å²) in [5.41, 5.74) is 3.42. The van der Waals surface area contributed by atoms with Crippen LogP contribution in [0.4, 0.5) is 0 Å². The summed E-state index contributed by atoms with van der Waals surface area (Å²) in [6, 6.07) is 5.78. The Hall–Kier alpha value is -1.35. The van der Waals surface area contributed by atoms with Gasteiger partial charge in [-0.25, -0.2) is 4.79 Å². The SMILES string of the molecule is COC(=O)C1NCc2cccc(C)c21. The van der Waals surface area contributed by atoms with Gasteiger partial charge in [-0.3, -0.25) is 5.32 Å². The van der Waals surface area contributed by atoms with Gasteiger partial charge in [0.05, 0.1) is 7.11 Å². The maximum absolute atomic E-state index is 11.4. The Labute approximate surface area is 83.1 Å². The highest BCUT2D eigenvalue weighted by atomic mass is 16.5. The maximum Gasteiger partial charge on any atom is 0.327 e. The van der Waals surface area contributed by atoms with Crippen molar-refractivity contribution in [1.82, 2.24) is 5.32 Å². The molecular formula is C11H13NO2. The van der Waals surface area contributed by atoms with E-state index in [9.17, 15) is 4.79 Å². The lowest BCUT2D eigenvalue weighted by molar-refractivity contribution is -0.143. The number of methoxy groups -OCH3 is 1. The quantitative estimate of drug-likeness (QED) is 0.680. The molecule has 0 aliphatic carbocycles. The number of carbonyl (C=O) groups is 1. The number of hydrogen-bond acceptors (Lipinski definition) is 3. The van der Waals surface area contributed by atoms with E-state index < -0.39 is 0 Å². The fourth-order valence-corrected chi connectivity index (χ4v) is 1.94. The number of fused-ring (bicyclic) bond motifs is 1. The summed E-state index contributed by atoms with van der Waals surface area (Å²) < 4.78 is 4.74. The highest BCUT2D eigenvalue weighted by Crippen LogP contribution is 2.28. The first-order valence-electron chi connectivity index (χ1n) is 4.63. The predicted octanol–water partition coefficient (Wildman–Crippen LogP) is 1.31. The predicted molar refractivity (Wildman–Crippen MR) is 52.8 cm³/mol. The molecule has 0 saturated heterocycles. The Morgan fingerprint density at radius 3 is 3.07 bits per heavy atom. The molecule has 1 unspecified atom stereocenters. The highest BCUT2D eigenvalue weighted by molar-refractivity contribution is 5.79. The van der Waals surface area contributed by atoms with Gasteiger partial charge >= 0.3 is 5.97 Å². The van der Waals surface area contributed by atoms with Gasteiger partial charge in [0, 0.05) is 6.54 Å². The Morgan fingerprint density at radius 2 is 2.36 bits per heavy atom. The molecule has 3 heteroatoms. The van der Waals surface area contributed by atoms with Crippen LogP contribution in [-0.2, 0) is 16.1 Å². The van der Waals surface area contributed by atoms with E-state index in [1.807, 2.05) is 25.1 Å². The number of ether oxygens (including phenoxy) is 1. The van der Waals surface area contributed by atoms with Gasteiger partial charge in [0.2, 0.25) is 0 Å². The smallest absolute Gasteiger partial charge is 0.327 e. The summed E-state index contributed by atoms with van der Waals surface area (Å²) in [5.74, 6) is -0.210. The van der Waals surface area contributed by atoms with Crippen molar-refractivity contribution < 1.29 is 9.53 Å². The molecule has 1 N–H and O–H groups in total. The first-order valence-corrected chi connectivity index (χ1v) is 4.63. The molecule has 1 aromatic carbocycles. The van der Waals surface area contributed by atoms with Crippen molar-refractivity contribution in [2.75, 3.05) is 7.11 Å². The van der Waals surface area contributed by atoms with E-state index in [1.54, 1.807) is 0 Å². The lowest BCUT2D eigenvalue weighted by Gasteiger charge is -2.11. The van der Waals surface area contributed by atoms with Crippen LogP contribution in [0.5, 0.6) is 0 Å². The summed E-state index contributed by atoms with van der Waals surface area (Å²) in [7, 11) is 1.42. The number of rotatable bonds is 1. The molecule has 1 aromatic rings. The minimum absolute atomic E-state index is 0.210. The van der Waals surface area contributed by atoms with Crippen LogP contribution in [-0.4, -0.2) is 13.1 Å². The minimum Gasteiger partial charge on any atom is -0.468 e. The first kappa shape index (κ1) is 9.21. The van der Waals surface area contributed by atoms with Crippen LogP contribution >= 0.6 is 0 Å². The molecule has 0 aromatic heterocycles. The van der Waals surface area contributed by atoms with Gasteiger partial charge in [0.1, 0.15) is 6.04 Å². The zero-order chi connectivity index (χ0) is 10.1. The van der Waals surface area contributed by atoms with Crippen LogP contribution in [0.2, 0.25) is 0 Å². The molecule has 3 nitrogen and oxygen atoms in total. The second-order valence-corrected chi connectivity index (χ2v) is 3.48. The molecule has 2 rings (SSSR count). The maximum atomic E-state index is 11.4. The van der Waals surface area contributed by atoms with E-state index in [-0.39, 0.29) is 12.0 Å². The summed E-state index contributed by atoms with van der Waals surface area (Å²) in [6.45, 7) is 2.76. The normalized spacial score (nSPS) is 19.1.